The minimum absolute atomic E-state index is 0.198. The van der Waals surface area contributed by atoms with E-state index in [0.717, 1.165) is 19.3 Å². The van der Waals surface area contributed by atoms with Gasteiger partial charge in [0.1, 0.15) is 11.4 Å². The van der Waals surface area contributed by atoms with Gasteiger partial charge in [-0.25, -0.2) is 0 Å². The van der Waals surface area contributed by atoms with Crippen LogP contribution < -0.4 is 11.1 Å². The molecule has 16 heavy (non-hydrogen) atoms. The molecule has 0 aliphatic carbocycles. The molecule has 1 heterocycles. The van der Waals surface area contributed by atoms with Crippen LogP contribution in [0.25, 0.3) is 0 Å². The number of nitrogen functional groups attached to an aromatic ring is 1. The molecule has 1 rings (SSSR count). The summed E-state index contributed by atoms with van der Waals surface area (Å²) in [5, 5.41) is 15.2. The van der Waals surface area contributed by atoms with Gasteiger partial charge in [-0.2, -0.15) is 5.10 Å². The second-order valence-electron chi connectivity index (χ2n) is 3.61. The molecule has 1 aromatic heterocycles. The summed E-state index contributed by atoms with van der Waals surface area (Å²) in [7, 11) is 1.69. The average molecular weight is 226 g/mol. The van der Waals surface area contributed by atoms with Crippen LogP contribution in [-0.2, 0) is 7.05 Å². The summed E-state index contributed by atoms with van der Waals surface area (Å²) >= 11 is 0. The number of nitrogens with two attached hydrogens (primary N) is 1. The molecule has 6 heteroatoms. The summed E-state index contributed by atoms with van der Waals surface area (Å²) in [5.74, 6) is 0.169. The minimum Gasteiger partial charge on any atom is -0.396 e. The highest BCUT2D eigenvalue weighted by atomic mass is 16.2. The molecule has 0 atom stereocenters. The first-order chi connectivity index (χ1) is 7.66. The van der Waals surface area contributed by atoms with Gasteiger partial charge in [0, 0.05) is 20.2 Å². The van der Waals surface area contributed by atoms with E-state index in [4.69, 9.17) is 10.8 Å². The van der Waals surface area contributed by atoms with Gasteiger partial charge in [0.25, 0.3) is 5.91 Å². The Balaban J connectivity index is 2.33. The number of rotatable bonds is 6. The second-order valence-corrected chi connectivity index (χ2v) is 3.61. The molecule has 0 aliphatic heterocycles. The van der Waals surface area contributed by atoms with E-state index in [1.807, 2.05) is 0 Å². The van der Waals surface area contributed by atoms with Gasteiger partial charge in [0.15, 0.2) is 0 Å². The van der Waals surface area contributed by atoms with E-state index in [1.165, 1.54) is 10.9 Å². The second kappa shape index (κ2) is 6.12. The van der Waals surface area contributed by atoms with E-state index in [2.05, 4.69) is 10.4 Å². The van der Waals surface area contributed by atoms with Crippen LogP contribution in [0.1, 0.15) is 29.6 Å². The lowest BCUT2D eigenvalue weighted by atomic mass is 10.2. The molecular weight excluding hydrogens is 208 g/mol. The molecule has 1 aromatic rings. The van der Waals surface area contributed by atoms with Crippen LogP contribution in [0, 0.1) is 0 Å². The highest BCUT2D eigenvalue weighted by Crippen LogP contribution is 2.08. The van der Waals surface area contributed by atoms with Gasteiger partial charge in [0.2, 0.25) is 0 Å². The van der Waals surface area contributed by atoms with Crippen molar-refractivity contribution >= 4 is 11.7 Å². The SMILES string of the molecule is Cn1ncc(C(=O)NCCCCCO)c1N. The fraction of sp³-hybridized carbons (Fsp3) is 0.600. The van der Waals surface area contributed by atoms with Crippen LogP contribution in [0.2, 0.25) is 0 Å². The van der Waals surface area contributed by atoms with E-state index < -0.39 is 0 Å². The molecule has 6 nitrogen and oxygen atoms in total. The van der Waals surface area contributed by atoms with Gasteiger partial charge in [-0.3, -0.25) is 9.48 Å². The van der Waals surface area contributed by atoms with Gasteiger partial charge < -0.3 is 16.2 Å². The number of aliphatic hydroxyl groups excluding tert-OH is 1. The normalized spacial score (nSPS) is 10.4. The third kappa shape index (κ3) is 3.23. The third-order valence-electron chi connectivity index (χ3n) is 2.35. The molecule has 0 saturated heterocycles. The Bertz CT molecular complexity index is 349. The number of carbonyl (C=O) groups is 1. The number of carbonyl (C=O) groups excluding carboxylic acids is 1. The molecule has 0 saturated carbocycles. The number of nitrogens with one attached hydrogen (secondary N) is 1. The molecule has 4 N–H and O–H groups in total. The molecule has 0 fully saturated rings. The third-order valence-corrected chi connectivity index (χ3v) is 2.35. The summed E-state index contributed by atoms with van der Waals surface area (Å²) in [6.07, 6.45) is 3.98. The highest BCUT2D eigenvalue weighted by molar-refractivity contribution is 5.98. The van der Waals surface area contributed by atoms with Gasteiger partial charge in [-0.15, -0.1) is 0 Å². The Morgan fingerprint density at radius 2 is 2.31 bits per heavy atom. The molecular formula is C10H18N4O2. The first-order valence-electron chi connectivity index (χ1n) is 5.33. The molecule has 0 aliphatic rings. The number of amides is 1. The topological polar surface area (TPSA) is 93.2 Å². The van der Waals surface area contributed by atoms with Gasteiger partial charge in [-0.05, 0) is 19.3 Å². The van der Waals surface area contributed by atoms with E-state index in [1.54, 1.807) is 7.05 Å². The van der Waals surface area contributed by atoms with Gasteiger partial charge in [-0.1, -0.05) is 0 Å². The maximum absolute atomic E-state index is 11.6. The van der Waals surface area contributed by atoms with Crippen LogP contribution in [0.4, 0.5) is 5.82 Å². The fourth-order valence-electron chi connectivity index (χ4n) is 1.33. The molecule has 90 valence electrons. The van der Waals surface area contributed by atoms with Crippen molar-refractivity contribution in [1.29, 1.82) is 0 Å². The standard InChI is InChI=1S/C10H18N4O2/c1-14-9(11)8(7-13-14)10(16)12-5-3-2-4-6-15/h7,15H,2-6,11H2,1H3,(H,12,16). The smallest absolute Gasteiger partial charge is 0.256 e. The summed E-state index contributed by atoms with van der Waals surface area (Å²) in [6, 6.07) is 0. The minimum atomic E-state index is -0.199. The van der Waals surface area contributed by atoms with Crippen molar-refractivity contribution in [1.82, 2.24) is 15.1 Å². The lowest BCUT2D eigenvalue weighted by Gasteiger charge is -2.04. The Labute approximate surface area is 94.4 Å². The number of hydrogen-bond donors (Lipinski definition) is 3. The van der Waals surface area contributed by atoms with Crippen molar-refractivity contribution in [2.45, 2.75) is 19.3 Å². The predicted octanol–water partition coefficient (Wildman–Crippen LogP) is -0.105. The zero-order valence-electron chi connectivity index (χ0n) is 9.44. The van der Waals surface area contributed by atoms with Crippen LogP contribution in [0.5, 0.6) is 0 Å². The number of hydrogen-bond acceptors (Lipinski definition) is 4. The Kier molecular flexibility index (Phi) is 4.78. The zero-order chi connectivity index (χ0) is 12.0. The van der Waals surface area contributed by atoms with Gasteiger partial charge in [0.05, 0.1) is 6.20 Å². The summed E-state index contributed by atoms with van der Waals surface area (Å²) in [6.45, 7) is 0.788. The molecule has 0 spiro atoms. The fourth-order valence-corrected chi connectivity index (χ4v) is 1.33. The Morgan fingerprint density at radius 1 is 1.56 bits per heavy atom. The molecule has 0 unspecified atom stereocenters. The van der Waals surface area contributed by atoms with E-state index in [9.17, 15) is 4.79 Å². The molecule has 0 bridgehead atoms. The van der Waals surface area contributed by atoms with Crippen molar-refractivity contribution < 1.29 is 9.90 Å². The Morgan fingerprint density at radius 3 is 2.88 bits per heavy atom. The largest absolute Gasteiger partial charge is 0.396 e. The van der Waals surface area contributed by atoms with Crippen molar-refractivity contribution in [3.8, 4) is 0 Å². The van der Waals surface area contributed by atoms with Crippen molar-refractivity contribution in [3.05, 3.63) is 11.8 Å². The Hall–Kier alpha value is -1.56. The van der Waals surface area contributed by atoms with Gasteiger partial charge >= 0.3 is 0 Å². The first kappa shape index (κ1) is 12.5. The lowest BCUT2D eigenvalue weighted by molar-refractivity contribution is 0.0953. The zero-order valence-corrected chi connectivity index (χ0v) is 9.44. The van der Waals surface area contributed by atoms with Crippen molar-refractivity contribution in [3.63, 3.8) is 0 Å². The van der Waals surface area contributed by atoms with E-state index in [0.29, 0.717) is 17.9 Å². The number of aromatic nitrogens is 2. The van der Waals surface area contributed by atoms with E-state index in [-0.39, 0.29) is 12.5 Å². The molecule has 1 amide bonds. The number of anilines is 1. The van der Waals surface area contributed by atoms with Crippen LogP contribution in [0.15, 0.2) is 6.20 Å². The van der Waals surface area contributed by atoms with Crippen molar-refractivity contribution in [2.24, 2.45) is 7.05 Å². The average Bonchev–Trinajstić information content (AvgIpc) is 2.59. The highest BCUT2D eigenvalue weighted by Gasteiger charge is 2.12. The number of aryl methyl sites for hydroxylation is 1. The monoisotopic (exact) mass is 226 g/mol. The first-order valence-corrected chi connectivity index (χ1v) is 5.33. The maximum Gasteiger partial charge on any atom is 0.256 e. The predicted molar refractivity (Wildman–Crippen MR) is 60.9 cm³/mol. The van der Waals surface area contributed by atoms with Crippen molar-refractivity contribution in [2.75, 3.05) is 18.9 Å². The molecule has 0 aromatic carbocycles. The molecule has 0 radical (unpaired) electrons. The van der Waals surface area contributed by atoms with E-state index >= 15 is 0 Å². The maximum atomic E-state index is 11.6. The number of unbranched alkanes of at least 4 members (excludes halogenated alkanes) is 2. The lowest BCUT2D eigenvalue weighted by Crippen LogP contribution is -2.25. The summed E-state index contributed by atoms with van der Waals surface area (Å²) in [5.41, 5.74) is 6.07. The van der Waals surface area contributed by atoms with Crippen LogP contribution >= 0.6 is 0 Å². The van der Waals surface area contributed by atoms with Crippen LogP contribution in [0.3, 0.4) is 0 Å². The number of aliphatic hydroxyl groups is 1. The summed E-state index contributed by atoms with van der Waals surface area (Å²) < 4.78 is 1.46. The number of nitrogens with zero attached hydrogens (tertiary/aromatic N) is 2. The van der Waals surface area contributed by atoms with Crippen LogP contribution in [-0.4, -0.2) is 33.9 Å². The summed E-state index contributed by atoms with van der Waals surface area (Å²) in [4.78, 5) is 11.6. The quantitative estimate of drug-likeness (QED) is 0.590.